The molecule has 3 N–H and O–H groups in total. The van der Waals surface area contributed by atoms with Gasteiger partial charge in [-0.1, -0.05) is 31.6 Å². The maximum Gasteiger partial charge on any atom is 0.107 e. The molecular weight excluding hydrogens is 304 g/mol. The van der Waals surface area contributed by atoms with E-state index in [-0.39, 0.29) is 0 Å². The van der Waals surface area contributed by atoms with Gasteiger partial charge in [-0.2, -0.15) is 11.8 Å². The molecule has 0 amide bonds. The fraction of sp³-hybridized carbons (Fsp3) is 0.533. The second-order valence-electron chi connectivity index (χ2n) is 5.07. The normalized spacial score (nSPS) is 16.5. The molecule has 1 aliphatic rings. The molecule has 1 fully saturated rings. The molecule has 1 aromatic carbocycles. The Bertz CT molecular complexity index is 478. The summed E-state index contributed by atoms with van der Waals surface area (Å²) in [5.74, 6) is 1.02. The molecule has 0 saturated heterocycles. The molecule has 20 heavy (non-hydrogen) atoms. The third-order valence-electron chi connectivity index (χ3n) is 3.87. The zero-order valence-corrected chi connectivity index (χ0v) is 14.5. The molecule has 1 aliphatic carbocycles. The zero-order valence-electron chi connectivity index (χ0n) is 12.1. The highest BCUT2D eigenvalue weighted by Crippen LogP contribution is 2.43. The van der Waals surface area contributed by atoms with Crippen molar-refractivity contribution in [1.82, 2.24) is 0 Å². The van der Waals surface area contributed by atoms with Gasteiger partial charge in [0.2, 0.25) is 0 Å². The van der Waals surface area contributed by atoms with E-state index in [0.29, 0.717) is 9.74 Å². The fourth-order valence-corrected chi connectivity index (χ4v) is 4.54. The summed E-state index contributed by atoms with van der Waals surface area (Å²) in [6.07, 6.45) is 6.15. The van der Waals surface area contributed by atoms with Crippen molar-refractivity contribution in [1.29, 1.82) is 0 Å². The topological polar surface area (TPSA) is 38.0 Å². The molecule has 0 spiro atoms. The van der Waals surface area contributed by atoms with Crippen LogP contribution in [0.1, 0.15) is 31.7 Å². The van der Waals surface area contributed by atoms with Gasteiger partial charge in [0.25, 0.3) is 0 Å². The smallest absolute Gasteiger partial charge is 0.107 e. The highest BCUT2D eigenvalue weighted by Gasteiger charge is 2.35. The van der Waals surface area contributed by atoms with Crippen molar-refractivity contribution in [3.05, 3.63) is 23.8 Å². The number of thiocarbonyl (C=S) groups is 1. The molecule has 0 aliphatic heterocycles. The van der Waals surface area contributed by atoms with Crippen LogP contribution in [-0.2, 0) is 0 Å². The van der Waals surface area contributed by atoms with Gasteiger partial charge in [0, 0.05) is 27.4 Å². The Labute approximate surface area is 135 Å². The van der Waals surface area contributed by atoms with Crippen molar-refractivity contribution >= 4 is 46.4 Å². The number of hydrogen-bond acceptors (Lipinski definition) is 4. The van der Waals surface area contributed by atoms with Gasteiger partial charge in [-0.15, -0.1) is 11.8 Å². The summed E-state index contributed by atoms with van der Waals surface area (Å²) >= 11 is 9.01. The van der Waals surface area contributed by atoms with Gasteiger partial charge in [-0.3, -0.25) is 0 Å². The number of anilines is 1. The standard InChI is InChI=1S/C15H22N2S3/c1-3-20-12-7-4-6-11(13(12)14(16)18)17-10-15(19-2)8-5-9-15/h4,6-7,17H,3,5,8-10H2,1-2H3,(H2,16,18). The maximum atomic E-state index is 5.94. The quantitative estimate of drug-likeness (QED) is 0.582. The zero-order chi connectivity index (χ0) is 14.6. The molecule has 0 radical (unpaired) electrons. The number of benzene rings is 1. The van der Waals surface area contributed by atoms with Crippen LogP contribution in [0.5, 0.6) is 0 Å². The highest BCUT2D eigenvalue weighted by atomic mass is 32.2. The van der Waals surface area contributed by atoms with Crippen molar-refractivity contribution in [2.24, 2.45) is 5.73 Å². The number of nitrogens with one attached hydrogen (secondary N) is 1. The summed E-state index contributed by atoms with van der Waals surface area (Å²) in [6.45, 7) is 3.13. The van der Waals surface area contributed by atoms with E-state index in [9.17, 15) is 0 Å². The van der Waals surface area contributed by atoms with Crippen LogP contribution in [0.3, 0.4) is 0 Å². The Balaban J connectivity index is 2.18. The Morgan fingerprint density at radius 1 is 1.45 bits per heavy atom. The first kappa shape index (κ1) is 16.0. The molecule has 2 nitrogen and oxygen atoms in total. The highest BCUT2D eigenvalue weighted by molar-refractivity contribution is 8.00. The van der Waals surface area contributed by atoms with Crippen LogP contribution in [-0.4, -0.2) is 28.3 Å². The van der Waals surface area contributed by atoms with Crippen LogP contribution >= 0.6 is 35.7 Å². The van der Waals surface area contributed by atoms with Gasteiger partial charge in [0.05, 0.1) is 0 Å². The van der Waals surface area contributed by atoms with E-state index in [2.05, 4.69) is 36.7 Å². The van der Waals surface area contributed by atoms with Crippen molar-refractivity contribution in [2.45, 2.75) is 35.8 Å². The molecule has 1 aromatic rings. The van der Waals surface area contributed by atoms with Crippen molar-refractivity contribution in [3.8, 4) is 0 Å². The SMILES string of the molecule is CCSc1cccc(NCC2(SC)CCC2)c1C(N)=S. The van der Waals surface area contributed by atoms with Crippen LogP contribution < -0.4 is 11.1 Å². The molecule has 1 saturated carbocycles. The summed E-state index contributed by atoms with van der Waals surface area (Å²) in [6, 6.07) is 6.26. The number of thioether (sulfide) groups is 2. The predicted molar refractivity (Wildman–Crippen MR) is 97.3 cm³/mol. The maximum absolute atomic E-state index is 5.94. The molecule has 0 aromatic heterocycles. The lowest BCUT2D eigenvalue weighted by atomic mass is 9.84. The summed E-state index contributed by atoms with van der Waals surface area (Å²) in [5.41, 5.74) is 8.02. The summed E-state index contributed by atoms with van der Waals surface area (Å²) in [7, 11) is 0. The van der Waals surface area contributed by atoms with Gasteiger partial charge < -0.3 is 11.1 Å². The number of rotatable bonds is 7. The van der Waals surface area contributed by atoms with E-state index in [0.717, 1.165) is 23.5 Å². The van der Waals surface area contributed by atoms with Crippen LogP contribution in [0, 0.1) is 0 Å². The second kappa shape index (κ2) is 7.05. The first-order chi connectivity index (χ1) is 9.62. The lowest BCUT2D eigenvalue weighted by Crippen LogP contribution is -2.40. The van der Waals surface area contributed by atoms with Crippen LogP contribution in [0.4, 0.5) is 5.69 Å². The average molecular weight is 327 g/mol. The Morgan fingerprint density at radius 2 is 2.20 bits per heavy atom. The van der Waals surface area contributed by atoms with E-state index >= 15 is 0 Å². The Hall–Kier alpha value is -0.390. The largest absolute Gasteiger partial charge is 0.389 e. The van der Waals surface area contributed by atoms with Crippen LogP contribution in [0.25, 0.3) is 0 Å². The van der Waals surface area contributed by atoms with Gasteiger partial charge in [-0.25, -0.2) is 0 Å². The van der Waals surface area contributed by atoms with E-state index in [1.165, 1.54) is 24.2 Å². The van der Waals surface area contributed by atoms with Gasteiger partial charge in [0.1, 0.15) is 4.99 Å². The van der Waals surface area contributed by atoms with Crippen molar-refractivity contribution in [3.63, 3.8) is 0 Å². The molecular formula is C15H22N2S3. The van der Waals surface area contributed by atoms with Crippen molar-refractivity contribution in [2.75, 3.05) is 23.9 Å². The fourth-order valence-electron chi connectivity index (χ4n) is 2.49. The Kier molecular flexibility index (Phi) is 5.64. The van der Waals surface area contributed by atoms with Crippen LogP contribution in [0.2, 0.25) is 0 Å². The number of nitrogens with two attached hydrogens (primary N) is 1. The third-order valence-corrected chi connectivity index (χ3v) is 6.43. The third kappa shape index (κ3) is 3.43. The molecule has 5 heteroatoms. The summed E-state index contributed by atoms with van der Waals surface area (Å²) in [4.78, 5) is 1.66. The summed E-state index contributed by atoms with van der Waals surface area (Å²) in [5, 5.41) is 3.59. The van der Waals surface area contributed by atoms with E-state index in [1.807, 2.05) is 11.8 Å². The van der Waals surface area contributed by atoms with Crippen molar-refractivity contribution < 1.29 is 0 Å². The van der Waals surface area contributed by atoms with Gasteiger partial charge in [-0.05, 0) is 37.0 Å². The van der Waals surface area contributed by atoms with Gasteiger partial charge >= 0.3 is 0 Å². The number of hydrogen-bond donors (Lipinski definition) is 2. The first-order valence-electron chi connectivity index (χ1n) is 6.96. The van der Waals surface area contributed by atoms with E-state index < -0.39 is 0 Å². The molecule has 0 atom stereocenters. The lowest BCUT2D eigenvalue weighted by Gasteiger charge is -2.41. The molecule has 0 heterocycles. The molecule has 2 rings (SSSR count). The molecule has 110 valence electrons. The lowest BCUT2D eigenvalue weighted by molar-refractivity contribution is 0.380. The van der Waals surface area contributed by atoms with Crippen LogP contribution in [0.15, 0.2) is 23.1 Å². The molecule has 0 bridgehead atoms. The van der Waals surface area contributed by atoms with Gasteiger partial charge in [0.15, 0.2) is 0 Å². The monoisotopic (exact) mass is 326 g/mol. The predicted octanol–water partition coefficient (Wildman–Crippen LogP) is 4.13. The van der Waals surface area contributed by atoms with E-state index in [4.69, 9.17) is 18.0 Å². The minimum atomic E-state index is 0.404. The van der Waals surface area contributed by atoms with E-state index in [1.54, 1.807) is 11.8 Å². The first-order valence-corrected chi connectivity index (χ1v) is 9.58. The minimum Gasteiger partial charge on any atom is -0.389 e. The minimum absolute atomic E-state index is 0.404. The summed E-state index contributed by atoms with van der Waals surface area (Å²) < 4.78 is 0.404. The average Bonchev–Trinajstić information content (AvgIpc) is 2.38. The Morgan fingerprint density at radius 3 is 2.70 bits per heavy atom. The second-order valence-corrected chi connectivity index (χ2v) is 8.09. The molecule has 0 unspecified atom stereocenters.